The summed E-state index contributed by atoms with van der Waals surface area (Å²) in [6.07, 6.45) is -3.77. The topological polar surface area (TPSA) is 29.5 Å². The smallest absolute Gasteiger partial charge is 0.406 e. The maximum Gasteiger partial charge on any atom is 0.406 e. The molecule has 108 valence electrons. The van der Waals surface area contributed by atoms with E-state index < -0.39 is 24.7 Å². The van der Waals surface area contributed by atoms with Crippen molar-refractivity contribution in [2.75, 3.05) is 13.1 Å². The van der Waals surface area contributed by atoms with E-state index in [1.165, 1.54) is 6.08 Å². The quantitative estimate of drug-likeness (QED) is 0.796. The fourth-order valence-electron chi connectivity index (χ4n) is 2.13. The number of hydrogen-bond acceptors (Lipinski definition) is 2. The second kappa shape index (κ2) is 5.56. The number of alkyl halides is 3. The van der Waals surface area contributed by atoms with Crippen LogP contribution < -0.4 is 4.74 Å². The molecule has 3 nitrogen and oxygen atoms in total. The highest BCUT2D eigenvalue weighted by atomic mass is 19.4. The van der Waals surface area contributed by atoms with Crippen molar-refractivity contribution in [1.29, 1.82) is 0 Å². The Kier molecular flexibility index (Phi) is 4.01. The summed E-state index contributed by atoms with van der Waals surface area (Å²) in [6, 6.07) is 7.05. The van der Waals surface area contributed by atoms with Gasteiger partial charge in [-0.3, -0.25) is 4.79 Å². The molecular weight excluding hydrogens is 271 g/mol. The number of para-hydroxylation sites is 1. The van der Waals surface area contributed by atoms with E-state index in [9.17, 15) is 18.0 Å². The molecule has 0 saturated heterocycles. The molecule has 1 heterocycles. The second-order valence-electron chi connectivity index (χ2n) is 4.54. The van der Waals surface area contributed by atoms with Crippen molar-refractivity contribution in [3.63, 3.8) is 0 Å². The van der Waals surface area contributed by atoms with E-state index >= 15 is 0 Å². The monoisotopic (exact) mass is 285 g/mol. The molecule has 20 heavy (non-hydrogen) atoms. The van der Waals surface area contributed by atoms with Gasteiger partial charge in [-0.1, -0.05) is 24.3 Å². The standard InChI is InChI=1S/C14H14F3NO2/c1-2-7-18(9-14(15,16)17)13(19)12-8-10-5-3-4-6-11(10)20-12/h2-6,12H,1,7-9H2. The third-order valence-corrected chi connectivity index (χ3v) is 2.95. The Balaban J connectivity index is 2.08. The number of fused-ring (bicyclic) bond motifs is 1. The number of hydrogen-bond donors (Lipinski definition) is 0. The lowest BCUT2D eigenvalue weighted by atomic mass is 10.1. The number of ether oxygens (including phenoxy) is 1. The largest absolute Gasteiger partial charge is 0.480 e. The summed E-state index contributed by atoms with van der Waals surface area (Å²) in [6.45, 7) is 1.92. The van der Waals surface area contributed by atoms with E-state index in [0.29, 0.717) is 17.1 Å². The van der Waals surface area contributed by atoms with Crippen LogP contribution in [0.25, 0.3) is 0 Å². The van der Waals surface area contributed by atoms with Gasteiger partial charge in [0.1, 0.15) is 12.3 Å². The normalized spacial score (nSPS) is 17.2. The van der Waals surface area contributed by atoms with E-state index in [4.69, 9.17) is 4.74 Å². The lowest BCUT2D eigenvalue weighted by Gasteiger charge is -2.25. The van der Waals surface area contributed by atoms with Crippen LogP contribution in [0.1, 0.15) is 5.56 Å². The number of carbonyl (C=O) groups is 1. The first-order chi connectivity index (χ1) is 9.40. The predicted octanol–water partition coefficient (Wildman–Crippen LogP) is 2.57. The van der Waals surface area contributed by atoms with Crippen LogP contribution in [0.15, 0.2) is 36.9 Å². The SMILES string of the molecule is C=CCN(CC(F)(F)F)C(=O)C1Cc2ccccc2O1. The van der Waals surface area contributed by atoms with E-state index in [0.717, 1.165) is 5.56 Å². The Labute approximate surface area is 114 Å². The summed E-state index contributed by atoms with van der Waals surface area (Å²) >= 11 is 0. The molecule has 1 aliphatic heterocycles. The molecule has 0 fully saturated rings. The Morgan fingerprint density at radius 3 is 2.75 bits per heavy atom. The van der Waals surface area contributed by atoms with Crippen molar-refractivity contribution >= 4 is 5.91 Å². The van der Waals surface area contributed by atoms with Crippen LogP contribution in [0.5, 0.6) is 5.75 Å². The van der Waals surface area contributed by atoms with Gasteiger partial charge in [0.05, 0.1) is 0 Å². The van der Waals surface area contributed by atoms with Crippen molar-refractivity contribution in [1.82, 2.24) is 4.90 Å². The van der Waals surface area contributed by atoms with Crippen LogP contribution in [0.3, 0.4) is 0 Å². The highest BCUT2D eigenvalue weighted by Gasteiger charge is 2.37. The molecule has 0 bridgehead atoms. The zero-order chi connectivity index (χ0) is 14.8. The molecule has 1 aromatic rings. The molecule has 1 atom stereocenters. The van der Waals surface area contributed by atoms with Gasteiger partial charge in [-0.15, -0.1) is 6.58 Å². The molecule has 0 spiro atoms. The molecule has 6 heteroatoms. The predicted molar refractivity (Wildman–Crippen MR) is 67.4 cm³/mol. The maximum atomic E-state index is 12.5. The Bertz CT molecular complexity index is 488. The lowest BCUT2D eigenvalue weighted by Crippen LogP contribution is -2.45. The fourth-order valence-corrected chi connectivity index (χ4v) is 2.13. The Morgan fingerprint density at radius 1 is 1.45 bits per heavy atom. The van der Waals surface area contributed by atoms with Crippen molar-refractivity contribution in [3.05, 3.63) is 42.5 Å². The van der Waals surface area contributed by atoms with Gasteiger partial charge in [0.25, 0.3) is 5.91 Å². The number of carbonyl (C=O) groups excluding carboxylic acids is 1. The first-order valence-electron chi connectivity index (χ1n) is 6.11. The van der Waals surface area contributed by atoms with E-state index in [1.54, 1.807) is 24.3 Å². The average Bonchev–Trinajstić information content (AvgIpc) is 2.79. The van der Waals surface area contributed by atoms with Crippen LogP contribution in [0.4, 0.5) is 13.2 Å². The van der Waals surface area contributed by atoms with E-state index in [-0.39, 0.29) is 6.54 Å². The van der Waals surface area contributed by atoms with Gasteiger partial charge >= 0.3 is 6.18 Å². The number of halogens is 3. The third kappa shape index (κ3) is 3.31. The van der Waals surface area contributed by atoms with Gasteiger partial charge in [-0.2, -0.15) is 13.2 Å². The highest BCUT2D eigenvalue weighted by molar-refractivity contribution is 5.82. The van der Waals surface area contributed by atoms with Crippen LogP contribution in [0.2, 0.25) is 0 Å². The van der Waals surface area contributed by atoms with Crippen molar-refractivity contribution in [3.8, 4) is 5.75 Å². The minimum Gasteiger partial charge on any atom is -0.480 e. The molecule has 1 amide bonds. The van der Waals surface area contributed by atoms with Crippen molar-refractivity contribution in [2.24, 2.45) is 0 Å². The van der Waals surface area contributed by atoms with Gasteiger partial charge in [-0.05, 0) is 11.6 Å². The highest BCUT2D eigenvalue weighted by Crippen LogP contribution is 2.29. The maximum absolute atomic E-state index is 12.5. The molecule has 0 saturated carbocycles. The summed E-state index contributed by atoms with van der Waals surface area (Å²) in [5, 5.41) is 0. The van der Waals surface area contributed by atoms with Crippen molar-refractivity contribution < 1.29 is 22.7 Å². The molecule has 1 aromatic carbocycles. The third-order valence-electron chi connectivity index (χ3n) is 2.95. The number of amides is 1. The van der Waals surface area contributed by atoms with Crippen LogP contribution in [-0.4, -0.2) is 36.2 Å². The number of rotatable bonds is 4. The summed E-state index contributed by atoms with van der Waals surface area (Å²) < 4.78 is 42.8. The molecule has 1 unspecified atom stereocenters. The van der Waals surface area contributed by atoms with Gasteiger partial charge in [0.2, 0.25) is 0 Å². The van der Waals surface area contributed by atoms with Crippen LogP contribution >= 0.6 is 0 Å². The zero-order valence-electron chi connectivity index (χ0n) is 10.7. The molecule has 0 aliphatic carbocycles. The summed E-state index contributed by atoms with van der Waals surface area (Å²) in [7, 11) is 0. The van der Waals surface area contributed by atoms with Crippen molar-refractivity contribution in [2.45, 2.75) is 18.7 Å². The first-order valence-corrected chi connectivity index (χ1v) is 6.11. The van der Waals surface area contributed by atoms with Gasteiger partial charge in [0.15, 0.2) is 6.10 Å². The molecule has 0 aromatic heterocycles. The number of nitrogens with zero attached hydrogens (tertiary/aromatic N) is 1. The lowest BCUT2D eigenvalue weighted by molar-refractivity contribution is -0.163. The molecule has 0 radical (unpaired) electrons. The van der Waals surface area contributed by atoms with E-state index in [2.05, 4.69) is 6.58 Å². The van der Waals surface area contributed by atoms with Crippen LogP contribution in [-0.2, 0) is 11.2 Å². The summed E-state index contributed by atoms with van der Waals surface area (Å²) in [4.78, 5) is 12.8. The first kappa shape index (κ1) is 14.4. The minimum absolute atomic E-state index is 0.158. The molecule has 2 rings (SSSR count). The summed E-state index contributed by atoms with van der Waals surface area (Å²) in [5.74, 6) is -0.116. The average molecular weight is 285 g/mol. The fraction of sp³-hybridized carbons (Fsp3) is 0.357. The zero-order valence-corrected chi connectivity index (χ0v) is 10.7. The van der Waals surface area contributed by atoms with Crippen LogP contribution in [0, 0.1) is 0 Å². The number of benzene rings is 1. The van der Waals surface area contributed by atoms with Gasteiger partial charge in [0, 0.05) is 13.0 Å². The van der Waals surface area contributed by atoms with Gasteiger partial charge < -0.3 is 9.64 Å². The van der Waals surface area contributed by atoms with Gasteiger partial charge in [-0.25, -0.2) is 0 Å². The Hall–Kier alpha value is -1.98. The second-order valence-corrected chi connectivity index (χ2v) is 4.54. The minimum atomic E-state index is -4.44. The van der Waals surface area contributed by atoms with E-state index in [1.807, 2.05) is 0 Å². The molecule has 1 aliphatic rings. The molecule has 0 N–H and O–H groups in total. The summed E-state index contributed by atoms with van der Waals surface area (Å²) in [5.41, 5.74) is 0.830. The molecular formula is C14H14F3NO2. The Morgan fingerprint density at radius 2 is 2.15 bits per heavy atom.